The number of hydrogen-bond acceptors (Lipinski definition) is 3. The molecule has 2 rings (SSSR count). The van der Waals surface area contributed by atoms with E-state index in [-0.39, 0.29) is 0 Å². The molecule has 0 bridgehead atoms. The highest BCUT2D eigenvalue weighted by Gasteiger charge is 2.20. The Balaban J connectivity index is 2.16. The Bertz CT molecular complexity index is 434. The Kier molecular flexibility index (Phi) is 4.20. The number of halogens is 1. The molecule has 0 saturated carbocycles. The number of rotatable bonds is 2. The van der Waals surface area contributed by atoms with Crippen LogP contribution in [0.25, 0.3) is 0 Å². The Morgan fingerprint density at radius 3 is 2.71 bits per heavy atom. The van der Waals surface area contributed by atoms with E-state index in [1.165, 1.54) is 12.8 Å². The van der Waals surface area contributed by atoms with Gasteiger partial charge in [0.25, 0.3) is 0 Å². The third-order valence-electron chi connectivity index (χ3n) is 3.20. The number of anilines is 1. The molecule has 1 heterocycles. The zero-order valence-electron chi connectivity index (χ0n) is 9.82. The van der Waals surface area contributed by atoms with Crippen molar-refractivity contribution in [1.82, 2.24) is 0 Å². The molecule has 4 heteroatoms. The molecule has 2 nitrogen and oxygen atoms in total. The van der Waals surface area contributed by atoms with Gasteiger partial charge < -0.3 is 4.90 Å². The van der Waals surface area contributed by atoms with E-state index in [9.17, 15) is 0 Å². The molecule has 1 fully saturated rings. The topological polar surface area (TPSA) is 27.0 Å². The van der Waals surface area contributed by atoms with Crippen LogP contribution in [-0.2, 0) is 0 Å². The normalized spacial score (nSPS) is 16.9. The average molecular weight is 267 g/mol. The second-order valence-corrected chi connectivity index (χ2v) is 5.77. The summed E-state index contributed by atoms with van der Waals surface area (Å²) in [5.41, 5.74) is 1.71. The minimum absolute atomic E-state index is 0.629. The summed E-state index contributed by atoms with van der Waals surface area (Å²) >= 11 is 7.85. The SMILES string of the molecule is CSC1CCN(c2ccc(Cl)cc2C#N)CC1. The summed E-state index contributed by atoms with van der Waals surface area (Å²) < 4.78 is 0. The van der Waals surface area contributed by atoms with Gasteiger partial charge in [0.15, 0.2) is 0 Å². The van der Waals surface area contributed by atoms with Crippen molar-refractivity contribution in [3.05, 3.63) is 28.8 Å². The van der Waals surface area contributed by atoms with Crippen LogP contribution >= 0.6 is 23.4 Å². The summed E-state index contributed by atoms with van der Waals surface area (Å²) in [5.74, 6) is 0. The molecule has 90 valence electrons. The van der Waals surface area contributed by atoms with E-state index in [1.54, 1.807) is 6.07 Å². The van der Waals surface area contributed by atoms with Crippen LogP contribution in [0.4, 0.5) is 5.69 Å². The lowest BCUT2D eigenvalue weighted by molar-refractivity contribution is 0.591. The smallest absolute Gasteiger partial charge is 0.101 e. The van der Waals surface area contributed by atoms with E-state index in [4.69, 9.17) is 16.9 Å². The maximum atomic E-state index is 9.13. The lowest BCUT2D eigenvalue weighted by Gasteiger charge is -2.33. The molecule has 1 aromatic carbocycles. The molecule has 0 aromatic heterocycles. The van der Waals surface area contributed by atoms with E-state index in [1.807, 2.05) is 23.9 Å². The van der Waals surface area contributed by atoms with Crippen molar-refractivity contribution >= 4 is 29.1 Å². The van der Waals surface area contributed by atoms with Gasteiger partial charge in [-0.3, -0.25) is 0 Å². The van der Waals surface area contributed by atoms with Crippen molar-refractivity contribution in [3.63, 3.8) is 0 Å². The van der Waals surface area contributed by atoms with Crippen LogP contribution in [0, 0.1) is 11.3 Å². The Morgan fingerprint density at radius 1 is 1.41 bits per heavy atom. The monoisotopic (exact) mass is 266 g/mol. The quantitative estimate of drug-likeness (QED) is 0.819. The number of nitrogens with zero attached hydrogens (tertiary/aromatic N) is 2. The molecular weight excluding hydrogens is 252 g/mol. The van der Waals surface area contributed by atoms with E-state index < -0.39 is 0 Å². The summed E-state index contributed by atoms with van der Waals surface area (Å²) in [4.78, 5) is 2.29. The molecular formula is C13H15ClN2S. The highest BCUT2D eigenvalue weighted by Crippen LogP contribution is 2.29. The number of thioether (sulfide) groups is 1. The molecule has 1 aliphatic rings. The predicted molar refractivity (Wildman–Crippen MR) is 74.9 cm³/mol. The van der Waals surface area contributed by atoms with E-state index in [0.29, 0.717) is 10.6 Å². The standard InChI is InChI=1S/C13H15ClN2S/c1-17-12-4-6-16(7-5-12)13-3-2-11(14)8-10(13)9-15/h2-3,8,12H,4-7H2,1H3. The van der Waals surface area contributed by atoms with Crippen LogP contribution in [-0.4, -0.2) is 24.6 Å². The zero-order chi connectivity index (χ0) is 12.3. The molecule has 0 atom stereocenters. The largest absolute Gasteiger partial charge is 0.370 e. The van der Waals surface area contributed by atoms with Crippen LogP contribution in [0.5, 0.6) is 0 Å². The average Bonchev–Trinajstić information content (AvgIpc) is 2.39. The second kappa shape index (κ2) is 5.66. The highest BCUT2D eigenvalue weighted by molar-refractivity contribution is 7.99. The van der Waals surface area contributed by atoms with Gasteiger partial charge >= 0.3 is 0 Å². The van der Waals surface area contributed by atoms with Gasteiger partial charge in [0.1, 0.15) is 6.07 Å². The molecule has 0 aliphatic carbocycles. The van der Waals surface area contributed by atoms with Crippen molar-refractivity contribution in [3.8, 4) is 6.07 Å². The predicted octanol–water partition coefficient (Wildman–Crippen LogP) is 3.54. The van der Waals surface area contributed by atoms with Crippen molar-refractivity contribution in [1.29, 1.82) is 5.26 Å². The van der Waals surface area contributed by atoms with Crippen molar-refractivity contribution in [2.45, 2.75) is 18.1 Å². The van der Waals surface area contributed by atoms with Gasteiger partial charge in [0.2, 0.25) is 0 Å². The third kappa shape index (κ3) is 2.88. The summed E-state index contributed by atoms with van der Waals surface area (Å²) in [5, 5.41) is 10.5. The third-order valence-corrected chi connectivity index (χ3v) is 4.57. The molecule has 0 amide bonds. The van der Waals surface area contributed by atoms with Crippen LogP contribution in [0.15, 0.2) is 18.2 Å². The van der Waals surface area contributed by atoms with Crippen molar-refractivity contribution in [2.24, 2.45) is 0 Å². The van der Waals surface area contributed by atoms with Crippen LogP contribution in [0.1, 0.15) is 18.4 Å². The molecule has 17 heavy (non-hydrogen) atoms. The molecule has 1 saturated heterocycles. The summed E-state index contributed by atoms with van der Waals surface area (Å²) in [6.45, 7) is 2.06. The highest BCUT2D eigenvalue weighted by atomic mass is 35.5. The lowest BCUT2D eigenvalue weighted by Crippen LogP contribution is -2.35. The zero-order valence-corrected chi connectivity index (χ0v) is 11.4. The molecule has 0 radical (unpaired) electrons. The number of benzene rings is 1. The first-order chi connectivity index (χ1) is 8.24. The second-order valence-electron chi connectivity index (χ2n) is 4.20. The fraction of sp³-hybridized carbons (Fsp3) is 0.462. The fourth-order valence-corrected chi connectivity index (χ4v) is 3.06. The molecule has 0 spiro atoms. The molecule has 1 aromatic rings. The van der Waals surface area contributed by atoms with Gasteiger partial charge in [-0.25, -0.2) is 0 Å². The first-order valence-electron chi connectivity index (χ1n) is 5.72. The van der Waals surface area contributed by atoms with Gasteiger partial charge in [-0.05, 0) is 37.3 Å². The van der Waals surface area contributed by atoms with Gasteiger partial charge in [-0.15, -0.1) is 0 Å². The van der Waals surface area contributed by atoms with E-state index >= 15 is 0 Å². The first kappa shape index (κ1) is 12.6. The lowest BCUT2D eigenvalue weighted by atomic mass is 10.1. The van der Waals surface area contributed by atoms with Crippen LogP contribution in [0.2, 0.25) is 5.02 Å². The van der Waals surface area contributed by atoms with Gasteiger partial charge in [-0.2, -0.15) is 17.0 Å². The van der Waals surface area contributed by atoms with Crippen LogP contribution < -0.4 is 4.90 Å². The summed E-state index contributed by atoms with van der Waals surface area (Å²) in [6, 6.07) is 7.79. The van der Waals surface area contributed by atoms with Gasteiger partial charge in [-0.1, -0.05) is 11.6 Å². The fourth-order valence-electron chi connectivity index (χ4n) is 2.21. The maximum absolute atomic E-state index is 9.13. The first-order valence-corrected chi connectivity index (χ1v) is 7.38. The summed E-state index contributed by atoms with van der Waals surface area (Å²) in [7, 11) is 0. The summed E-state index contributed by atoms with van der Waals surface area (Å²) in [6.07, 6.45) is 4.55. The van der Waals surface area contributed by atoms with E-state index in [2.05, 4.69) is 17.2 Å². The van der Waals surface area contributed by atoms with E-state index in [0.717, 1.165) is 24.0 Å². The number of piperidine rings is 1. The molecule has 1 aliphatic heterocycles. The Hall–Kier alpha value is -0.850. The Labute approximate surface area is 112 Å². The maximum Gasteiger partial charge on any atom is 0.101 e. The minimum Gasteiger partial charge on any atom is -0.370 e. The molecule has 0 unspecified atom stereocenters. The van der Waals surface area contributed by atoms with Crippen LogP contribution in [0.3, 0.4) is 0 Å². The number of hydrogen-bond donors (Lipinski definition) is 0. The van der Waals surface area contributed by atoms with Crippen molar-refractivity contribution < 1.29 is 0 Å². The molecule has 0 N–H and O–H groups in total. The van der Waals surface area contributed by atoms with Gasteiger partial charge in [0.05, 0.1) is 11.3 Å². The minimum atomic E-state index is 0.629. The van der Waals surface area contributed by atoms with Crippen molar-refractivity contribution in [2.75, 3.05) is 24.2 Å². The Morgan fingerprint density at radius 2 is 2.12 bits per heavy atom. The number of nitriles is 1. The van der Waals surface area contributed by atoms with Gasteiger partial charge in [0, 0.05) is 23.4 Å².